The van der Waals surface area contributed by atoms with E-state index < -0.39 is 0 Å². The van der Waals surface area contributed by atoms with Crippen molar-refractivity contribution in [3.8, 4) is 0 Å². The van der Waals surface area contributed by atoms with Gasteiger partial charge in [-0.3, -0.25) is 4.98 Å². The Hall–Kier alpha value is -1.57. The molecule has 0 unspecified atom stereocenters. The largest absolute Gasteiger partial charge is 0.398 e. The summed E-state index contributed by atoms with van der Waals surface area (Å²) >= 11 is 0. The molecule has 0 saturated heterocycles. The number of benzene rings is 1. The minimum Gasteiger partial charge on any atom is -0.398 e. The van der Waals surface area contributed by atoms with Gasteiger partial charge < -0.3 is 5.73 Å². The van der Waals surface area contributed by atoms with Gasteiger partial charge in [-0.15, -0.1) is 0 Å². The van der Waals surface area contributed by atoms with E-state index in [0.717, 1.165) is 16.6 Å². The Balaban J connectivity index is 2.26. The average molecular weight is 198 g/mol. The molecule has 15 heavy (non-hydrogen) atoms. The summed E-state index contributed by atoms with van der Waals surface area (Å²) < 4.78 is 0. The van der Waals surface area contributed by atoms with Gasteiger partial charge in [-0.25, -0.2) is 0 Å². The van der Waals surface area contributed by atoms with Crippen LogP contribution in [0.15, 0.2) is 24.3 Å². The second kappa shape index (κ2) is 2.96. The molecule has 1 aliphatic rings. The van der Waals surface area contributed by atoms with E-state index in [1.165, 1.54) is 24.1 Å². The van der Waals surface area contributed by atoms with Crippen molar-refractivity contribution in [2.45, 2.75) is 25.7 Å². The first-order valence-electron chi connectivity index (χ1n) is 5.41. The van der Waals surface area contributed by atoms with E-state index in [4.69, 9.17) is 5.73 Å². The number of hydrogen-bond donors (Lipinski definition) is 1. The summed E-state index contributed by atoms with van der Waals surface area (Å²) in [6, 6.07) is 8.30. The second-order valence-corrected chi connectivity index (χ2v) is 4.43. The predicted molar refractivity (Wildman–Crippen MR) is 62.9 cm³/mol. The lowest BCUT2D eigenvalue weighted by molar-refractivity contribution is 1.05. The number of fused-ring (bicyclic) bond motifs is 1. The van der Waals surface area contributed by atoms with Crippen LogP contribution < -0.4 is 5.73 Å². The quantitative estimate of drug-likeness (QED) is 0.765. The van der Waals surface area contributed by atoms with Crippen LogP contribution in [0.25, 0.3) is 10.9 Å². The van der Waals surface area contributed by atoms with Gasteiger partial charge in [0.15, 0.2) is 0 Å². The lowest BCUT2D eigenvalue weighted by atomic mass is 10.1. The van der Waals surface area contributed by atoms with Crippen LogP contribution in [0.4, 0.5) is 5.69 Å². The molecule has 0 amide bonds. The Kier molecular flexibility index (Phi) is 1.72. The van der Waals surface area contributed by atoms with Crippen molar-refractivity contribution in [2.24, 2.45) is 0 Å². The first kappa shape index (κ1) is 8.72. The van der Waals surface area contributed by atoms with Crippen LogP contribution in [0.3, 0.4) is 0 Å². The summed E-state index contributed by atoms with van der Waals surface area (Å²) in [6.45, 7) is 2.08. The molecular weight excluding hydrogens is 184 g/mol. The van der Waals surface area contributed by atoms with Gasteiger partial charge in [-0.2, -0.15) is 0 Å². The molecule has 2 aromatic rings. The smallest absolute Gasteiger partial charge is 0.0726 e. The summed E-state index contributed by atoms with van der Waals surface area (Å²) in [4.78, 5) is 4.66. The van der Waals surface area contributed by atoms with E-state index >= 15 is 0 Å². The zero-order valence-corrected chi connectivity index (χ0v) is 8.83. The van der Waals surface area contributed by atoms with E-state index in [9.17, 15) is 0 Å². The Morgan fingerprint density at radius 1 is 1.27 bits per heavy atom. The number of hydrogen-bond acceptors (Lipinski definition) is 2. The van der Waals surface area contributed by atoms with Gasteiger partial charge in [0.25, 0.3) is 0 Å². The third-order valence-electron chi connectivity index (χ3n) is 3.01. The van der Waals surface area contributed by atoms with Crippen molar-refractivity contribution in [1.29, 1.82) is 0 Å². The second-order valence-electron chi connectivity index (χ2n) is 4.43. The molecule has 3 rings (SSSR count). The number of nitrogens with two attached hydrogens (primary N) is 1. The standard InChI is InChI=1S/C13H14N2/c1-8-2-5-12-10(6-8)11(14)7-13(15-12)9-3-4-9/h2,5-7,9H,3-4H2,1H3,(H2,14,15). The summed E-state index contributed by atoms with van der Waals surface area (Å²) in [5.74, 6) is 0.665. The Morgan fingerprint density at radius 2 is 2.07 bits per heavy atom. The molecule has 0 atom stereocenters. The lowest BCUT2D eigenvalue weighted by Crippen LogP contribution is -1.94. The molecule has 1 aromatic heterocycles. The maximum absolute atomic E-state index is 6.05. The highest BCUT2D eigenvalue weighted by Crippen LogP contribution is 2.40. The monoisotopic (exact) mass is 198 g/mol. The highest BCUT2D eigenvalue weighted by atomic mass is 14.7. The van der Waals surface area contributed by atoms with Gasteiger partial charge in [0.05, 0.1) is 5.52 Å². The minimum atomic E-state index is 0.665. The summed E-state index contributed by atoms with van der Waals surface area (Å²) in [7, 11) is 0. The van der Waals surface area contributed by atoms with Crippen molar-refractivity contribution in [3.05, 3.63) is 35.5 Å². The molecule has 1 aliphatic carbocycles. The SMILES string of the molecule is Cc1ccc2nc(C3CC3)cc(N)c2c1. The van der Waals surface area contributed by atoms with E-state index in [2.05, 4.69) is 30.1 Å². The molecule has 0 aliphatic heterocycles. The van der Waals surface area contributed by atoms with Crippen LogP contribution in [-0.4, -0.2) is 4.98 Å². The number of pyridine rings is 1. The van der Waals surface area contributed by atoms with Crippen LogP contribution >= 0.6 is 0 Å². The molecule has 76 valence electrons. The van der Waals surface area contributed by atoms with Gasteiger partial charge in [0.1, 0.15) is 0 Å². The molecule has 0 bridgehead atoms. The van der Waals surface area contributed by atoms with Crippen molar-refractivity contribution in [2.75, 3.05) is 5.73 Å². The average Bonchev–Trinajstić information content (AvgIpc) is 3.02. The van der Waals surface area contributed by atoms with Gasteiger partial charge in [0, 0.05) is 22.7 Å². The van der Waals surface area contributed by atoms with Crippen LogP contribution in [0.1, 0.15) is 30.0 Å². The fourth-order valence-corrected chi connectivity index (χ4v) is 1.98. The van der Waals surface area contributed by atoms with Gasteiger partial charge in [-0.05, 0) is 38.0 Å². The summed E-state index contributed by atoms with van der Waals surface area (Å²) in [5.41, 5.74) is 10.3. The van der Waals surface area contributed by atoms with Crippen molar-refractivity contribution < 1.29 is 0 Å². The molecule has 2 N–H and O–H groups in total. The van der Waals surface area contributed by atoms with E-state index in [1.54, 1.807) is 0 Å². The summed E-state index contributed by atoms with van der Waals surface area (Å²) in [6.07, 6.45) is 2.54. The fraction of sp³-hybridized carbons (Fsp3) is 0.308. The minimum absolute atomic E-state index is 0.665. The number of nitrogen functional groups attached to an aromatic ring is 1. The molecule has 0 spiro atoms. The Bertz CT molecular complexity index is 527. The summed E-state index contributed by atoms with van der Waals surface area (Å²) in [5, 5.41) is 1.08. The Morgan fingerprint density at radius 3 is 2.80 bits per heavy atom. The molecule has 2 nitrogen and oxygen atoms in total. The van der Waals surface area contributed by atoms with E-state index in [-0.39, 0.29) is 0 Å². The third kappa shape index (κ3) is 1.46. The molecule has 0 radical (unpaired) electrons. The van der Waals surface area contributed by atoms with Crippen molar-refractivity contribution >= 4 is 16.6 Å². The third-order valence-corrected chi connectivity index (χ3v) is 3.01. The van der Waals surface area contributed by atoms with E-state index in [0.29, 0.717) is 5.92 Å². The van der Waals surface area contributed by atoms with Crippen LogP contribution in [-0.2, 0) is 0 Å². The first-order valence-corrected chi connectivity index (χ1v) is 5.41. The molecule has 1 heterocycles. The van der Waals surface area contributed by atoms with Crippen LogP contribution in [0.5, 0.6) is 0 Å². The number of rotatable bonds is 1. The number of anilines is 1. The zero-order chi connectivity index (χ0) is 10.4. The molecular formula is C13H14N2. The molecule has 1 aromatic carbocycles. The zero-order valence-electron chi connectivity index (χ0n) is 8.83. The first-order chi connectivity index (χ1) is 7.24. The van der Waals surface area contributed by atoms with Gasteiger partial charge in [0.2, 0.25) is 0 Å². The fourth-order valence-electron chi connectivity index (χ4n) is 1.98. The van der Waals surface area contributed by atoms with Gasteiger partial charge in [-0.1, -0.05) is 11.6 Å². The van der Waals surface area contributed by atoms with Crippen LogP contribution in [0.2, 0.25) is 0 Å². The number of aryl methyl sites for hydroxylation is 1. The predicted octanol–water partition coefficient (Wildman–Crippen LogP) is 3.00. The van der Waals surface area contributed by atoms with E-state index in [1.807, 2.05) is 6.07 Å². The van der Waals surface area contributed by atoms with Crippen molar-refractivity contribution in [1.82, 2.24) is 4.98 Å². The Labute approximate surface area is 89.1 Å². The lowest BCUT2D eigenvalue weighted by Gasteiger charge is -2.06. The van der Waals surface area contributed by atoms with Crippen molar-refractivity contribution in [3.63, 3.8) is 0 Å². The van der Waals surface area contributed by atoms with Crippen LogP contribution in [0, 0.1) is 6.92 Å². The number of nitrogens with zero attached hydrogens (tertiary/aromatic N) is 1. The number of aromatic nitrogens is 1. The molecule has 1 fully saturated rings. The maximum Gasteiger partial charge on any atom is 0.0726 e. The molecule has 2 heteroatoms. The highest BCUT2D eigenvalue weighted by molar-refractivity contribution is 5.90. The normalized spacial score (nSPS) is 15.8. The topological polar surface area (TPSA) is 38.9 Å². The molecule has 1 saturated carbocycles. The highest BCUT2D eigenvalue weighted by Gasteiger charge is 2.25. The van der Waals surface area contributed by atoms with Gasteiger partial charge >= 0.3 is 0 Å². The maximum atomic E-state index is 6.05.